The first-order chi connectivity index (χ1) is 6.40. The van der Waals surface area contributed by atoms with Crippen molar-refractivity contribution in [1.29, 1.82) is 0 Å². The molecule has 1 saturated heterocycles. The second-order valence-electron chi connectivity index (χ2n) is 3.11. The van der Waals surface area contributed by atoms with Crippen molar-refractivity contribution in [3.05, 3.63) is 0 Å². The number of carbonyl (C=O) groups excluding carboxylic acids is 1. The molecule has 4 nitrogen and oxygen atoms in total. The molecule has 0 bridgehead atoms. The van der Waals surface area contributed by atoms with Crippen LogP contribution in [0.15, 0.2) is 0 Å². The van der Waals surface area contributed by atoms with Gasteiger partial charge in [0.05, 0.1) is 6.61 Å². The highest BCUT2D eigenvalue weighted by molar-refractivity contribution is 5.76. The summed E-state index contributed by atoms with van der Waals surface area (Å²) in [6.07, 6.45) is -4.95. The van der Waals surface area contributed by atoms with Gasteiger partial charge in [0.15, 0.2) is 5.60 Å². The molecule has 7 heteroatoms. The molecule has 0 radical (unpaired) electrons. The minimum atomic E-state index is -4.95. The number of methoxy groups -OCH3 is 1. The Balaban J connectivity index is 2.53. The van der Waals surface area contributed by atoms with Crippen molar-refractivity contribution >= 4 is 5.97 Å². The molecule has 0 saturated carbocycles. The zero-order chi connectivity index (χ0) is 10.8. The van der Waals surface area contributed by atoms with Gasteiger partial charge in [-0.3, -0.25) is 0 Å². The Hall–Kier alpha value is -0.820. The van der Waals surface area contributed by atoms with Crippen molar-refractivity contribution < 1.29 is 27.4 Å². The number of carbonyl (C=O) groups is 1. The zero-order valence-corrected chi connectivity index (χ0v) is 7.48. The Morgan fingerprint density at radius 3 is 2.36 bits per heavy atom. The summed E-state index contributed by atoms with van der Waals surface area (Å²) in [6.45, 7) is 0.327. The van der Waals surface area contributed by atoms with E-state index in [-0.39, 0.29) is 19.7 Å². The molecule has 1 heterocycles. The molecule has 1 aliphatic rings. The van der Waals surface area contributed by atoms with E-state index in [1.807, 2.05) is 0 Å². The maximum absolute atomic E-state index is 11.8. The third kappa shape index (κ3) is 2.36. The summed E-state index contributed by atoms with van der Waals surface area (Å²) in [6, 6.07) is 0. The molecule has 0 aromatic rings. The van der Waals surface area contributed by atoms with Gasteiger partial charge in [-0.05, 0) is 0 Å². The highest BCUT2D eigenvalue weighted by Crippen LogP contribution is 2.24. The summed E-state index contributed by atoms with van der Waals surface area (Å²) >= 11 is 0. The van der Waals surface area contributed by atoms with E-state index >= 15 is 0 Å². The number of hydrogen-bond acceptors (Lipinski definition) is 4. The maximum Gasteiger partial charge on any atom is 0.490 e. The Labute approximate surface area is 78.4 Å². The van der Waals surface area contributed by atoms with E-state index in [1.54, 1.807) is 0 Å². The second kappa shape index (κ2) is 3.74. The molecule has 0 atom stereocenters. The van der Waals surface area contributed by atoms with E-state index < -0.39 is 17.7 Å². The molecule has 1 aliphatic heterocycles. The minimum Gasteiger partial charge on any atom is -0.447 e. The van der Waals surface area contributed by atoms with Crippen LogP contribution in [-0.4, -0.2) is 44.6 Å². The summed E-state index contributed by atoms with van der Waals surface area (Å²) in [5, 5.41) is 2.72. The maximum atomic E-state index is 11.8. The third-order valence-electron chi connectivity index (χ3n) is 1.84. The molecule has 0 aliphatic carbocycles. The predicted octanol–water partition coefficient (Wildman–Crippen LogP) is 0.0803. The predicted molar refractivity (Wildman–Crippen MR) is 39.6 cm³/mol. The highest BCUT2D eigenvalue weighted by Gasteiger charge is 2.49. The first-order valence-corrected chi connectivity index (χ1v) is 3.89. The average molecular weight is 213 g/mol. The number of alkyl halides is 3. The molecule has 14 heavy (non-hydrogen) atoms. The Morgan fingerprint density at radius 2 is 2.07 bits per heavy atom. The van der Waals surface area contributed by atoms with Crippen molar-refractivity contribution in [1.82, 2.24) is 5.32 Å². The van der Waals surface area contributed by atoms with Gasteiger partial charge in [-0.25, -0.2) is 4.79 Å². The van der Waals surface area contributed by atoms with Crippen LogP contribution in [0.5, 0.6) is 0 Å². The van der Waals surface area contributed by atoms with Crippen LogP contribution in [0.3, 0.4) is 0 Å². The second-order valence-corrected chi connectivity index (χ2v) is 3.11. The number of halogens is 3. The van der Waals surface area contributed by atoms with Crippen LogP contribution >= 0.6 is 0 Å². The van der Waals surface area contributed by atoms with Gasteiger partial charge in [0.25, 0.3) is 0 Å². The van der Waals surface area contributed by atoms with Crippen LogP contribution in [-0.2, 0) is 14.3 Å². The number of nitrogens with one attached hydrogen (secondary N) is 1. The molecular weight excluding hydrogens is 203 g/mol. The topological polar surface area (TPSA) is 47.6 Å². The van der Waals surface area contributed by atoms with Crippen LogP contribution in [0, 0.1) is 0 Å². The Kier molecular flexibility index (Phi) is 3.01. The lowest BCUT2D eigenvalue weighted by Crippen LogP contribution is -2.65. The molecule has 0 amide bonds. The summed E-state index contributed by atoms with van der Waals surface area (Å²) in [5.41, 5.74) is -1.15. The number of esters is 1. The van der Waals surface area contributed by atoms with Crippen LogP contribution in [0.2, 0.25) is 0 Å². The SMILES string of the molecule is COCC1(OC(=O)C(F)(F)F)CNC1. The molecule has 1 fully saturated rings. The first-order valence-electron chi connectivity index (χ1n) is 3.89. The van der Waals surface area contributed by atoms with Crippen molar-refractivity contribution in [2.75, 3.05) is 26.8 Å². The van der Waals surface area contributed by atoms with Crippen molar-refractivity contribution in [2.45, 2.75) is 11.8 Å². The lowest BCUT2D eigenvalue weighted by Gasteiger charge is -2.40. The van der Waals surface area contributed by atoms with E-state index in [2.05, 4.69) is 14.8 Å². The molecule has 0 spiro atoms. The Morgan fingerprint density at radius 1 is 1.50 bits per heavy atom. The van der Waals surface area contributed by atoms with E-state index in [9.17, 15) is 18.0 Å². The number of ether oxygens (including phenoxy) is 2. The smallest absolute Gasteiger partial charge is 0.447 e. The van der Waals surface area contributed by atoms with Gasteiger partial charge in [0.2, 0.25) is 0 Å². The van der Waals surface area contributed by atoms with Gasteiger partial charge in [-0.2, -0.15) is 13.2 Å². The molecule has 82 valence electrons. The van der Waals surface area contributed by atoms with E-state index in [0.717, 1.165) is 0 Å². The molecule has 0 unspecified atom stereocenters. The van der Waals surface area contributed by atoms with Gasteiger partial charge >= 0.3 is 12.1 Å². The number of rotatable bonds is 3. The molecular formula is C7H10F3NO3. The average Bonchev–Trinajstić information content (AvgIpc) is 1.98. The molecule has 0 aromatic carbocycles. The monoisotopic (exact) mass is 213 g/mol. The quantitative estimate of drug-likeness (QED) is 0.674. The van der Waals surface area contributed by atoms with Crippen LogP contribution < -0.4 is 5.32 Å². The van der Waals surface area contributed by atoms with E-state index in [1.165, 1.54) is 7.11 Å². The van der Waals surface area contributed by atoms with Gasteiger partial charge in [-0.15, -0.1) is 0 Å². The van der Waals surface area contributed by atoms with Crippen LogP contribution in [0.25, 0.3) is 0 Å². The van der Waals surface area contributed by atoms with Gasteiger partial charge in [0, 0.05) is 20.2 Å². The normalized spacial score (nSPS) is 20.0. The summed E-state index contributed by atoms with van der Waals surface area (Å²) in [4.78, 5) is 10.5. The standard InChI is InChI=1S/C7H10F3NO3/c1-13-4-6(2-11-3-6)14-5(12)7(8,9)10/h11H,2-4H2,1H3. The summed E-state index contributed by atoms with van der Waals surface area (Å²) < 4.78 is 44.5. The van der Waals surface area contributed by atoms with Crippen molar-refractivity contribution in [3.63, 3.8) is 0 Å². The summed E-state index contributed by atoms with van der Waals surface area (Å²) in [7, 11) is 1.33. The molecule has 1 rings (SSSR count). The largest absolute Gasteiger partial charge is 0.490 e. The fourth-order valence-electron chi connectivity index (χ4n) is 1.13. The van der Waals surface area contributed by atoms with Gasteiger partial charge < -0.3 is 14.8 Å². The van der Waals surface area contributed by atoms with Crippen molar-refractivity contribution in [2.24, 2.45) is 0 Å². The fraction of sp³-hybridized carbons (Fsp3) is 0.857. The minimum absolute atomic E-state index is 0.0399. The fourth-order valence-corrected chi connectivity index (χ4v) is 1.13. The highest BCUT2D eigenvalue weighted by atomic mass is 19.4. The van der Waals surface area contributed by atoms with Crippen molar-refractivity contribution in [3.8, 4) is 0 Å². The zero-order valence-electron chi connectivity index (χ0n) is 7.48. The lowest BCUT2D eigenvalue weighted by atomic mass is 9.98. The Bertz CT molecular complexity index is 225. The number of hydrogen-bond donors (Lipinski definition) is 1. The van der Waals surface area contributed by atoms with Gasteiger partial charge in [-0.1, -0.05) is 0 Å². The third-order valence-corrected chi connectivity index (χ3v) is 1.84. The van der Waals surface area contributed by atoms with E-state index in [4.69, 9.17) is 0 Å². The molecule has 1 N–H and O–H groups in total. The van der Waals surface area contributed by atoms with Gasteiger partial charge in [0.1, 0.15) is 0 Å². The first kappa shape index (κ1) is 11.3. The van der Waals surface area contributed by atoms with Crippen LogP contribution in [0.1, 0.15) is 0 Å². The lowest BCUT2D eigenvalue weighted by molar-refractivity contribution is -0.222. The van der Waals surface area contributed by atoms with E-state index in [0.29, 0.717) is 0 Å². The molecule has 0 aromatic heterocycles. The summed E-state index contributed by atoms with van der Waals surface area (Å²) in [5.74, 6) is -2.17. The van der Waals surface area contributed by atoms with Crippen LogP contribution in [0.4, 0.5) is 13.2 Å².